The van der Waals surface area contributed by atoms with Gasteiger partial charge in [-0.2, -0.15) is 5.10 Å². The SMILES string of the molecule is Cc1ccccc1Cn1nc(C)c(NC(=O)c2ccc(OCc3c(C)noc3C)cc2)c1C. The highest BCUT2D eigenvalue weighted by atomic mass is 16.5. The zero-order valence-electron chi connectivity index (χ0n) is 19.6. The van der Waals surface area contributed by atoms with Gasteiger partial charge in [0.05, 0.1) is 34.9 Å². The molecule has 4 aromatic rings. The van der Waals surface area contributed by atoms with Gasteiger partial charge in [-0.1, -0.05) is 29.4 Å². The number of rotatable bonds is 7. The quantitative estimate of drug-likeness (QED) is 0.419. The molecule has 0 aliphatic carbocycles. The molecule has 0 saturated carbocycles. The predicted molar refractivity (Wildman–Crippen MR) is 127 cm³/mol. The van der Waals surface area contributed by atoms with Crippen LogP contribution in [0, 0.1) is 34.6 Å². The molecule has 2 aromatic carbocycles. The van der Waals surface area contributed by atoms with E-state index in [-0.39, 0.29) is 5.91 Å². The molecule has 0 atom stereocenters. The lowest BCUT2D eigenvalue weighted by Crippen LogP contribution is -2.13. The molecule has 2 heterocycles. The summed E-state index contributed by atoms with van der Waals surface area (Å²) in [7, 11) is 0. The zero-order valence-corrected chi connectivity index (χ0v) is 19.6. The second-order valence-electron chi connectivity index (χ2n) is 8.20. The monoisotopic (exact) mass is 444 g/mol. The van der Waals surface area contributed by atoms with Crippen LogP contribution in [0.15, 0.2) is 53.1 Å². The first-order valence-electron chi connectivity index (χ1n) is 10.9. The molecular weight excluding hydrogens is 416 g/mol. The van der Waals surface area contributed by atoms with E-state index in [9.17, 15) is 4.79 Å². The van der Waals surface area contributed by atoms with Crippen LogP contribution in [0.4, 0.5) is 5.69 Å². The summed E-state index contributed by atoms with van der Waals surface area (Å²) in [5, 5.41) is 11.6. The van der Waals surface area contributed by atoms with E-state index in [1.807, 2.05) is 44.5 Å². The second kappa shape index (κ2) is 9.32. The number of hydrogen-bond donors (Lipinski definition) is 1. The summed E-state index contributed by atoms with van der Waals surface area (Å²) in [6.45, 7) is 10.7. The Bertz CT molecular complexity index is 1270. The lowest BCUT2D eigenvalue weighted by molar-refractivity contribution is 0.102. The van der Waals surface area contributed by atoms with Crippen LogP contribution >= 0.6 is 0 Å². The number of benzene rings is 2. The maximum atomic E-state index is 12.9. The largest absolute Gasteiger partial charge is 0.489 e. The van der Waals surface area contributed by atoms with E-state index in [0.717, 1.165) is 34.1 Å². The first-order valence-corrected chi connectivity index (χ1v) is 10.9. The van der Waals surface area contributed by atoms with Gasteiger partial charge in [0.25, 0.3) is 5.91 Å². The molecule has 1 N–H and O–H groups in total. The lowest BCUT2D eigenvalue weighted by Gasteiger charge is -2.10. The highest BCUT2D eigenvalue weighted by Crippen LogP contribution is 2.23. The van der Waals surface area contributed by atoms with E-state index in [2.05, 4.69) is 34.6 Å². The van der Waals surface area contributed by atoms with Gasteiger partial charge in [0.2, 0.25) is 0 Å². The van der Waals surface area contributed by atoms with Crippen molar-refractivity contribution < 1.29 is 14.1 Å². The first-order chi connectivity index (χ1) is 15.8. The second-order valence-corrected chi connectivity index (χ2v) is 8.20. The van der Waals surface area contributed by atoms with Crippen LogP contribution in [0.25, 0.3) is 0 Å². The van der Waals surface area contributed by atoms with Gasteiger partial charge in [0, 0.05) is 5.56 Å². The number of amides is 1. The topological polar surface area (TPSA) is 82.2 Å². The van der Waals surface area contributed by atoms with Gasteiger partial charge in [-0.05, 0) is 70.0 Å². The Morgan fingerprint density at radius 2 is 1.73 bits per heavy atom. The number of anilines is 1. The van der Waals surface area contributed by atoms with Gasteiger partial charge in [-0.3, -0.25) is 9.48 Å². The van der Waals surface area contributed by atoms with Crippen molar-refractivity contribution in [1.29, 1.82) is 0 Å². The molecule has 0 aliphatic rings. The number of carbonyl (C=O) groups excluding carboxylic acids is 1. The van der Waals surface area contributed by atoms with Crippen LogP contribution in [0.1, 0.15) is 49.9 Å². The molecule has 7 heteroatoms. The van der Waals surface area contributed by atoms with Gasteiger partial charge in [-0.25, -0.2) is 0 Å². The van der Waals surface area contributed by atoms with E-state index in [1.54, 1.807) is 24.3 Å². The number of carbonyl (C=O) groups is 1. The van der Waals surface area contributed by atoms with Crippen molar-refractivity contribution in [1.82, 2.24) is 14.9 Å². The normalized spacial score (nSPS) is 10.9. The van der Waals surface area contributed by atoms with Crippen molar-refractivity contribution in [2.24, 2.45) is 0 Å². The van der Waals surface area contributed by atoms with Crippen molar-refractivity contribution >= 4 is 11.6 Å². The molecule has 0 saturated heterocycles. The summed E-state index contributed by atoms with van der Waals surface area (Å²) in [6.07, 6.45) is 0. The average Bonchev–Trinajstić information content (AvgIpc) is 3.26. The smallest absolute Gasteiger partial charge is 0.255 e. The van der Waals surface area contributed by atoms with Crippen molar-refractivity contribution in [3.05, 3.63) is 93.6 Å². The molecule has 0 radical (unpaired) electrons. The average molecular weight is 445 g/mol. The van der Waals surface area contributed by atoms with Gasteiger partial charge < -0.3 is 14.6 Å². The van der Waals surface area contributed by atoms with Gasteiger partial charge in [0.1, 0.15) is 18.1 Å². The van der Waals surface area contributed by atoms with E-state index in [1.165, 1.54) is 11.1 Å². The molecular formula is C26H28N4O3. The molecule has 0 aliphatic heterocycles. The van der Waals surface area contributed by atoms with Crippen molar-refractivity contribution in [3.8, 4) is 5.75 Å². The predicted octanol–water partition coefficient (Wildman–Crippen LogP) is 5.29. The number of ether oxygens (including phenoxy) is 1. The summed E-state index contributed by atoms with van der Waals surface area (Å²) < 4.78 is 12.9. The summed E-state index contributed by atoms with van der Waals surface area (Å²) in [6, 6.07) is 15.3. The van der Waals surface area contributed by atoms with Gasteiger partial charge in [0.15, 0.2) is 0 Å². The zero-order chi connectivity index (χ0) is 23.5. The molecule has 4 rings (SSSR count). The molecule has 0 fully saturated rings. The minimum Gasteiger partial charge on any atom is -0.489 e. The Kier molecular flexibility index (Phi) is 6.31. The third-order valence-corrected chi connectivity index (χ3v) is 5.88. The fraction of sp³-hybridized carbons (Fsp3) is 0.269. The minimum absolute atomic E-state index is 0.186. The highest BCUT2D eigenvalue weighted by molar-refractivity contribution is 6.04. The van der Waals surface area contributed by atoms with Crippen LogP contribution in [-0.4, -0.2) is 20.8 Å². The molecule has 2 aromatic heterocycles. The standard InChI is InChI=1S/C26H28N4O3/c1-16-8-6-7-9-22(16)14-30-19(4)25(18(3)28-30)27-26(31)21-10-12-23(13-11-21)32-15-24-17(2)29-33-20(24)5/h6-13H,14-15H2,1-5H3,(H,27,31). The minimum atomic E-state index is -0.186. The Hall–Kier alpha value is -3.87. The van der Waals surface area contributed by atoms with Crippen molar-refractivity contribution in [2.75, 3.05) is 5.32 Å². The van der Waals surface area contributed by atoms with Crippen LogP contribution in [-0.2, 0) is 13.2 Å². The third kappa shape index (κ3) is 4.82. The summed E-state index contributed by atoms with van der Waals surface area (Å²) >= 11 is 0. The molecule has 1 amide bonds. The number of nitrogens with one attached hydrogen (secondary N) is 1. The lowest BCUT2D eigenvalue weighted by atomic mass is 10.1. The number of aryl methyl sites for hydroxylation is 4. The fourth-order valence-corrected chi connectivity index (χ4v) is 3.73. The molecule has 0 unspecified atom stereocenters. The summed E-state index contributed by atoms with van der Waals surface area (Å²) in [4.78, 5) is 12.9. The summed E-state index contributed by atoms with van der Waals surface area (Å²) in [5.74, 6) is 1.23. The Morgan fingerprint density at radius 1 is 1.00 bits per heavy atom. The maximum Gasteiger partial charge on any atom is 0.255 e. The van der Waals surface area contributed by atoms with Crippen LogP contribution in [0.5, 0.6) is 5.75 Å². The molecule has 170 valence electrons. The van der Waals surface area contributed by atoms with Crippen LogP contribution in [0.3, 0.4) is 0 Å². The molecule has 7 nitrogen and oxygen atoms in total. The van der Waals surface area contributed by atoms with Gasteiger partial charge in [-0.15, -0.1) is 0 Å². The molecule has 0 spiro atoms. The first kappa shape index (κ1) is 22.3. The number of aromatic nitrogens is 3. The van der Waals surface area contributed by atoms with E-state index in [4.69, 9.17) is 9.26 Å². The van der Waals surface area contributed by atoms with E-state index in [0.29, 0.717) is 24.5 Å². The van der Waals surface area contributed by atoms with Crippen molar-refractivity contribution in [3.63, 3.8) is 0 Å². The highest BCUT2D eigenvalue weighted by Gasteiger charge is 2.16. The maximum absolute atomic E-state index is 12.9. The Morgan fingerprint density at radius 3 is 2.39 bits per heavy atom. The van der Waals surface area contributed by atoms with Crippen LogP contribution in [0.2, 0.25) is 0 Å². The summed E-state index contributed by atoms with van der Waals surface area (Å²) in [5.41, 5.74) is 7.16. The van der Waals surface area contributed by atoms with E-state index >= 15 is 0 Å². The fourth-order valence-electron chi connectivity index (χ4n) is 3.73. The molecule has 33 heavy (non-hydrogen) atoms. The molecule has 0 bridgehead atoms. The third-order valence-electron chi connectivity index (χ3n) is 5.88. The number of hydrogen-bond acceptors (Lipinski definition) is 5. The number of nitrogens with zero attached hydrogens (tertiary/aromatic N) is 3. The van der Waals surface area contributed by atoms with E-state index < -0.39 is 0 Å². The van der Waals surface area contributed by atoms with Crippen LogP contribution < -0.4 is 10.1 Å². The Labute approximate surface area is 193 Å². The van der Waals surface area contributed by atoms with Gasteiger partial charge >= 0.3 is 0 Å². The Balaban J connectivity index is 1.43. The van der Waals surface area contributed by atoms with Crippen molar-refractivity contribution in [2.45, 2.75) is 47.8 Å².